The van der Waals surface area contributed by atoms with E-state index in [2.05, 4.69) is 15.9 Å². The number of amides is 2. The van der Waals surface area contributed by atoms with E-state index in [4.69, 9.17) is 0 Å². The second kappa shape index (κ2) is 5.99. The predicted molar refractivity (Wildman–Crippen MR) is 85.1 cm³/mol. The molecule has 1 atom stereocenters. The Hall–Kier alpha value is -1.43. The van der Waals surface area contributed by atoms with Crippen molar-refractivity contribution in [3.63, 3.8) is 0 Å². The van der Waals surface area contributed by atoms with Gasteiger partial charge in [-0.1, -0.05) is 15.9 Å². The lowest BCUT2D eigenvalue weighted by Gasteiger charge is -2.31. The number of anilines is 1. The number of fused-ring (bicyclic) bond motifs is 1. The Morgan fingerprint density at radius 2 is 2.23 bits per heavy atom. The Balaban J connectivity index is 1.88. The molecule has 2 amide bonds. The number of carbonyl (C=O) groups is 2. The van der Waals surface area contributed by atoms with E-state index in [0.29, 0.717) is 29.8 Å². The zero-order chi connectivity index (χ0) is 15.9. The van der Waals surface area contributed by atoms with Crippen LogP contribution >= 0.6 is 15.9 Å². The molecule has 0 saturated carbocycles. The summed E-state index contributed by atoms with van der Waals surface area (Å²) in [5, 5.41) is 0. The fourth-order valence-electron chi connectivity index (χ4n) is 3.34. The average Bonchev–Trinajstić information content (AvgIpc) is 2.86. The van der Waals surface area contributed by atoms with Crippen LogP contribution < -0.4 is 4.90 Å². The van der Waals surface area contributed by atoms with Gasteiger partial charge < -0.3 is 9.80 Å². The van der Waals surface area contributed by atoms with Crippen LogP contribution in [0.4, 0.5) is 10.1 Å². The van der Waals surface area contributed by atoms with Gasteiger partial charge in [-0.2, -0.15) is 0 Å². The monoisotopic (exact) mass is 368 g/mol. The number of likely N-dealkylation sites (tertiary alicyclic amines) is 1. The quantitative estimate of drug-likeness (QED) is 0.805. The SMILES string of the molecule is CCN1CC(C(=O)N2CCCc3cc(Br)cc(F)c32)CC1=O. The fourth-order valence-corrected chi connectivity index (χ4v) is 3.81. The summed E-state index contributed by atoms with van der Waals surface area (Å²) in [6.45, 7) is 3.47. The van der Waals surface area contributed by atoms with E-state index in [1.807, 2.05) is 13.0 Å². The maximum absolute atomic E-state index is 14.3. The normalized spacial score (nSPS) is 21.2. The molecule has 0 aliphatic carbocycles. The lowest BCUT2D eigenvalue weighted by molar-refractivity contribution is -0.128. The number of nitrogens with zero attached hydrogens (tertiary/aromatic N) is 2. The number of hydrogen-bond acceptors (Lipinski definition) is 2. The Kier molecular flexibility index (Phi) is 4.21. The van der Waals surface area contributed by atoms with Crippen LogP contribution in [-0.4, -0.2) is 36.3 Å². The van der Waals surface area contributed by atoms with Gasteiger partial charge in [0.15, 0.2) is 0 Å². The molecule has 1 aromatic rings. The topological polar surface area (TPSA) is 40.6 Å². The Labute approximate surface area is 137 Å². The molecule has 0 spiro atoms. The summed E-state index contributed by atoms with van der Waals surface area (Å²) in [6, 6.07) is 3.26. The molecule has 1 unspecified atom stereocenters. The number of benzene rings is 1. The van der Waals surface area contributed by atoms with Crippen LogP contribution in [-0.2, 0) is 16.0 Å². The summed E-state index contributed by atoms with van der Waals surface area (Å²) in [7, 11) is 0. The number of aryl methyl sites for hydroxylation is 1. The van der Waals surface area contributed by atoms with E-state index >= 15 is 0 Å². The van der Waals surface area contributed by atoms with E-state index in [0.717, 1.165) is 18.4 Å². The molecule has 0 radical (unpaired) electrons. The number of hydrogen-bond donors (Lipinski definition) is 0. The standard InChI is InChI=1S/C16H18BrFN2O2/c1-2-19-9-11(7-14(19)21)16(22)20-5-3-4-10-6-12(17)8-13(18)15(10)20/h6,8,11H,2-5,7,9H2,1H3. The molecule has 6 heteroatoms. The van der Waals surface area contributed by atoms with Crippen molar-refractivity contribution in [2.75, 3.05) is 24.5 Å². The van der Waals surface area contributed by atoms with Crippen LogP contribution in [0.5, 0.6) is 0 Å². The zero-order valence-corrected chi connectivity index (χ0v) is 14.0. The van der Waals surface area contributed by atoms with Crippen molar-refractivity contribution >= 4 is 33.4 Å². The highest BCUT2D eigenvalue weighted by Crippen LogP contribution is 2.34. The molecule has 1 aromatic carbocycles. The Bertz CT molecular complexity index is 635. The highest BCUT2D eigenvalue weighted by atomic mass is 79.9. The van der Waals surface area contributed by atoms with E-state index in [-0.39, 0.29) is 30.0 Å². The Morgan fingerprint density at radius 3 is 2.91 bits per heavy atom. The van der Waals surface area contributed by atoms with E-state index in [9.17, 15) is 14.0 Å². The Morgan fingerprint density at radius 1 is 1.45 bits per heavy atom. The molecular formula is C16H18BrFN2O2. The molecule has 0 N–H and O–H groups in total. The molecule has 1 fully saturated rings. The molecule has 4 nitrogen and oxygen atoms in total. The lowest BCUT2D eigenvalue weighted by atomic mass is 9.98. The second-order valence-corrected chi connectivity index (χ2v) is 6.74. The molecule has 0 bridgehead atoms. The summed E-state index contributed by atoms with van der Waals surface area (Å²) in [5.41, 5.74) is 1.24. The van der Waals surface area contributed by atoms with Gasteiger partial charge in [0.1, 0.15) is 5.82 Å². The van der Waals surface area contributed by atoms with E-state index < -0.39 is 0 Å². The maximum Gasteiger partial charge on any atom is 0.232 e. The largest absolute Gasteiger partial charge is 0.342 e. The molecule has 2 aliphatic rings. The van der Waals surface area contributed by atoms with Crippen molar-refractivity contribution in [2.24, 2.45) is 5.92 Å². The van der Waals surface area contributed by atoms with Gasteiger partial charge in [-0.25, -0.2) is 4.39 Å². The molecule has 22 heavy (non-hydrogen) atoms. The van der Waals surface area contributed by atoms with Crippen LogP contribution in [0.2, 0.25) is 0 Å². The molecule has 0 aromatic heterocycles. The van der Waals surface area contributed by atoms with Crippen LogP contribution in [0.3, 0.4) is 0 Å². The highest BCUT2D eigenvalue weighted by Gasteiger charge is 2.38. The highest BCUT2D eigenvalue weighted by molar-refractivity contribution is 9.10. The summed E-state index contributed by atoms with van der Waals surface area (Å²) in [4.78, 5) is 27.8. The van der Waals surface area contributed by atoms with Crippen molar-refractivity contribution in [2.45, 2.75) is 26.2 Å². The smallest absolute Gasteiger partial charge is 0.232 e. The first-order valence-electron chi connectivity index (χ1n) is 7.58. The molecule has 2 heterocycles. The summed E-state index contributed by atoms with van der Waals surface area (Å²) in [6.07, 6.45) is 1.81. The molecule has 1 saturated heterocycles. The third kappa shape index (κ3) is 2.64. The van der Waals surface area contributed by atoms with Gasteiger partial charge in [-0.3, -0.25) is 9.59 Å². The van der Waals surface area contributed by atoms with Gasteiger partial charge in [0.05, 0.1) is 11.6 Å². The average molecular weight is 369 g/mol. The van der Waals surface area contributed by atoms with Gasteiger partial charge in [0.25, 0.3) is 0 Å². The number of carbonyl (C=O) groups excluding carboxylic acids is 2. The molecule has 3 rings (SSSR count). The van der Waals surface area contributed by atoms with Crippen LogP contribution in [0.1, 0.15) is 25.3 Å². The first kappa shape index (κ1) is 15.5. The van der Waals surface area contributed by atoms with Crippen LogP contribution in [0, 0.1) is 11.7 Å². The van der Waals surface area contributed by atoms with E-state index in [1.54, 1.807) is 4.90 Å². The van der Waals surface area contributed by atoms with Gasteiger partial charge in [-0.15, -0.1) is 0 Å². The minimum Gasteiger partial charge on any atom is -0.342 e. The first-order chi connectivity index (χ1) is 10.5. The van der Waals surface area contributed by atoms with Crippen molar-refractivity contribution < 1.29 is 14.0 Å². The summed E-state index contributed by atoms with van der Waals surface area (Å²) in [5.74, 6) is -0.864. The lowest BCUT2D eigenvalue weighted by Crippen LogP contribution is -2.41. The fraction of sp³-hybridized carbons (Fsp3) is 0.500. The van der Waals surface area contributed by atoms with Gasteiger partial charge in [0.2, 0.25) is 11.8 Å². The van der Waals surface area contributed by atoms with Crippen molar-refractivity contribution in [3.05, 3.63) is 28.0 Å². The molecule has 118 valence electrons. The minimum atomic E-state index is -0.380. The van der Waals surface area contributed by atoms with Crippen molar-refractivity contribution in [1.82, 2.24) is 4.90 Å². The summed E-state index contributed by atoms with van der Waals surface area (Å²) >= 11 is 3.29. The maximum atomic E-state index is 14.3. The molecular weight excluding hydrogens is 351 g/mol. The van der Waals surface area contributed by atoms with Crippen molar-refractivity contribution in [3.8, 4) is 0 Å². The molecule has 2 aliphatic heterocycles. The second-order valence-electron chi connectivity index (χ2n) is 5.82. The first-order valence-corrected chi connectivity index (χ1v) is 8.37. The third-order valence-electron chi connectivity index (χ3n) is 4.42. The van der Waals surface area contributed by atoms with Gasteiger partial charge in [-0.05, 0) is 37.5 Å². The number of rotatable bonds is 2. The number of halogens is 2. The minimum absolute atomic E-state index is 0.00867. The van der Waals surface area contributed by atoms with Gasteiger partial charge >= 0.3 is 0 Å². The third-order valence-corrected chi connectivity index (χ3v) is 4.87. The summed E-state index contributed by atoms with van der Waals surface area (Å²) < 4.78 is 15.0. The zero-order valence-electron chi connectivity index (χ0n) is 12.4. The van der Waals surface area contributed by atoms with E-state index in [1.165, 1.54) is 11.0 Å². The van der Waals surface area contributed by atoms with Gasteiger partial charge in [0, 0.05) is 30.5 Å². The van der Waals surface area contributed by atoms with Crippen LogP contribution in [0.15, 0.2) is 16.6 Å². The predicted octanol–water partition coefficient (Wildman–Crippen LogP) is 2.74. The van der Waals surface area contributed by atoms with Crippen molar-refractivity contribution in [1.29, 1.82) is 0 Å². The van der Waals surface area contributed by atoms with Crippen LogP contribution in [0.25, 0.3) is 0 Å².